The lowest BCUT2D eigenvalue weighted by Gasteiger charge is -2.27. The average molecular weight is 345 g/mol. The largest absolute Gasteiger partial charge is 0.271 e. The topological polar surface area (TPSA) is 78.8 Å². The Labute approximate surface area is 141 Å². The van der Waals surface area contributed by atoms with Crippen LogP contribution in [0, 0.1) is 0 Å². The van der Waals surface area contributed by atoms with Crippen LogP contribution in [-0.4, -0.2) is 32.8 Å². The standard InChI is InChI=1S/C17H19N3O3S/c1-14(17(21)19-18-13-15-9-5-3-6-10-15)20(24(2,22)23)16-11-7-4-8-12-16/h3-14H,1-2H3,(H,19,21)/b18-13-/t14-/m1/s1. The van der Waals surface area contributed by atoms with E-state index in [4.69, 9.17) is 0 Å². The van der Waals surface area contributed by atoms with E-state index in [2.05, 4.69) is 10.5 Å². The van der Waals surface area contributed by atoms with Gasteiger partial charge in [0.2, 0.25) is 10.0 Å². The number of hydrogen-bond donors (Lipinski definition) is 1. The fourth-order valence-corrected chi connectivity index (χ4v) is 3.36. The SMILES string of the molecule is C[C@H](C(=O)N/N=C\c1ccccc1)N(c1ccccc1)S(C)(=O)=O. The van der Waals surface area contributed by atoms with Gasteiger partial charge in [-0.15, -0.1) is 0 Å². The molecule has 0 fully saturated rings. The Bertz CT molecular complexity index is 805. The van der Waals surface area contributed by atoms with E-state index in [9.17, 15) is 13.2 Å². The summed E-state index contributed by atoms with van der Waals surface area (Å²) in [6, 6.07) is 16.8. The molecule has 0 aliphatic rings. The molecule has 0 aliphatic heterocycles. The molecule has 0 unspecified atom stereocenters. The molecule has 1 N–H and O–H groups in total. The van der Waals surface area contributed by atoms with Crippen LogP contribution in [0.2, 0.25) is 0 Å². The molecular formula is C17H19N3O3S. The summed E-state index contributed by atoms with van der Waals surface area (Å²) < 4.78 is 25.2. The van der Waals surface area contributed by atoms with Gasteiger partial charge < -0.3 is 0 Å². The molecule has 0 radical (unpaired) electrons. The smallest absolute Gasteiger partial charge is 0.263 e. The fraction of sp³-hybridized carbons (Fsp3) is 0.176. The maximum atomic E-state index is 12.3. The highest BCUT2D eigenvalue weighted by Gasteiger charge is 2.28. The predicted octanol–water partition coefficient (Wildman–Crippen LogP) is 1.99. The second-order valence-corrected chi connectivity index (χ2v) is 7.07. The van der Waals surface area contributed by atoms with Crippen molar-refractivity contribution < 1.29 is 13.2 Å². The lowest BCUT2D eigenvalue weighted by atomic mass is 10.2. The number of nitrogens with one attached hydrogen (secondary N) is 1. The van der Waals surface area contributed by atoms with Crippen LogP contribution in [0.1, 0.15) is 12.5 Å². The Morgan fingerprint density at radius 3 is 2.17 bits per heavy atom. The van der Waals surface area contributed by atoms with Crippen LogP contribution < -0.4 is 9.73 Å². The van der Waals surface area contributed by atoms with Crippen molar-refractivity contribution >= 4 is 27.8 Å². The number of rotatable bonds is 6. The zero-order valence-corrected chi connectivity index (χ0v) is 14.3. The van der Waals surface area contributed by atoms with Gasteiger partial charge in [0.05, 0.1) is 18.2 Å². The van der Waals surface area contributed by atoms with Gasteiger partial charge in [-0.05, 0) is 24.6 Å². The predicted molar refractivity (Wildman–Crippen MR) is 95.4 cm³/mol. The summed E-state index contributed by atoms with van der Waals surface area (Å²) in [5.74, 6) is -0.517. The number of anilines is 1. The first-order valence-electron chi connectivity index (χ1n) is 7.32. The third-order valence-corrected chi connectivity index (χ3v) is 4.53. The zero-order chi connectivity index (χ0) is 17.6. The van der Waals surface area contributed by atoms with Crippen molar-refractivity contribution in [2.45, 2.75) is 13.0 Å². The molecule has 0 spiro atoms. The van der Waals surface area contributed by atoms with E-state index in [1.807, 2.05) is 30.3 Å². The lowest BCUT2D eigenvalue weighted by molar-refractivity contribution is -0.121. The number of sulfonamides is 1. The summed E-state index contributed by atoms with van der Waals surface area (Å²) in [6.45, 7) is 1.52. The molecule has 0 saturated heterocycles. The van der Waals surface area contributed by atoms with Crippen molar-refractivity contribution in [3.05, 3.63) is 66.2 Å². The maximum Gasteiger partial charge on any atom is 0.263 e. The maximum absolute atomic E-state index is 12.3. The Morgan fingerprint density at radius 2 is 1.62 bits per heavy atom. The molecule has 0 aliphatic carbocycles. The minimum absolute atomic E-state index is 0.426. The lowest BCUT2D eigenvalue weighted by Crippen LogP contribution is -2.46. The molecule has 24 heavy (non-hydrogen) atoms. The van der Waals surface area contributed by atoms with Crippen LogP contribution in [0.4, 0.5) is 5.69 Å². The number of carbonyl (C=O) groups excluding carboxylic acids is 1. The van der Waals surface area contributed by atoms with Gasteiger partial charge in [-0.2, -0.15) is 5.10 Å². The summed E-state index contributed by atoms with van der Waals surface area (Å²) >= 11 is 0. The van der Waals surface area contributed by atoms with Crippen LogP contribution in [-0.2, 0) is 14.8 Å². The average Bonchev–Trinajstić information content (AvgIpc) is 2.55. The molecule has 1 atom stereocenters. The minimum Gasteiger partial charge on any atom is -0.271 e. The first-order chi connectivity index (χ1) is 11.4. The van der Waals surface area contributed by atoms with Crippen LogP contribution in [0.25, 0.3) is 0 Å². The van der Waals surface area contributed by atoms with E-state index < -0.39 is 22.0 Å². The third kappa shape index (κ3) is 4.66. The number of hydrogen-bond acceptors (Lipinski definition) is 4. The molecule has 0 heterocycles. The molecule has 7 heteroatoms. The molecule has 0 aromatic heterocycles. The third-order valence-electron chi connectivity index (χ3n) is 3.29. The molecule has 2 aromatic carbocycles. The van der Waals surface area contributed by atoms with Gasteiger partial charge in [-0.25, -0.2) is 13.8 Å². The minimum atomic E-state index is -3.62. The summed E-state index contributed by atoms with van der Waals surface area (Å²) in [5.41, 5.74) is 3.63. The van der Waals surface area contributed by atoms with E-state index in [1.165, 1.54) is 13.1 Å². The van der Waals surface area contributed by atoms with Gasteiger partial charge >= 0.3 is 0 Å². The molecule has 0 bridgehead atoms. The van der Waals surface area contributed by atoms with Crippen molar-refractivity contribution in [1.29, 1.82) is 0 Å². The van der Waals surface area contributed by atoms with Gasteiger partial charge in [0.25, 0.3) is 5.91 Å². The number of benzene rings is 2. The molecule has 126 valence electrons. The number of amides is 1. The van der Waals surface area contributed by atoms with Crippen molar-refractivity contribution in [1.82, 2.24) is 5.43 Å². The van der Waals surface area contributed by atoms with Crippen molar-refractivity contribution in [3.63, 3.8) is 0 Å². The second kappa shape index (κ2) is 7.74. The highest BCUT2D eigenvalue weighted by Crippen LogP contribution is 2.20. The van der Waals surface area contributed by atoms with Crippen LogP contribution in [0.15, 0.2) is 65.8 Å². The fourth-order valence-electron chi connectivity index (χ4n) is 2.19. The van der Waals surface area contributed by atoms with E-state index in [-0.39, 0.29) is 0 Å². The van der Waals surface area contributed by atoms with Gasteiger partial charge in [-0.3, -0.25) is 9.10 Å². The molecule has 6 nitrogen and oxygen atoms in total. The highest BCUT2D eigenvalue weighted by molar-refractivity contribution is 7.92. The second-order valence-electron chi connectivity index (χ2n) is 5.22. The first-order valence-corrected chi connectivity index (χ1v) is 9.17. The summed E-state index contributed by atoms with van der Waals surface area (Å²) in [4.78, 5) is 12.3. The number of para-hydroxylation sites is 1. The van der Waals surface area contributed by atoms with Crippen molar-refractivity contribution in [3.8, 4) is 0 Å². The molecule has 0 saturated carbocycles. The number of carbonyl (C=O) groups is 1. The van der Waals surface area contributed by atoms with E-state index in [0.717, 1.165) is 16.1 Å². The normalized spacial score (nSPS) is 12.8. The van der Waals surface area contributed by atoms with Gasteiger partial charge in [-0.1, -0.05) is 48.5 Å². The van der Waals surface area contributed by atoms with Crippen LogP contribution in [0.3, 0.4) is 0 Å². The van der Waals surface area contributed by atoms with Gasteiger partial charge in [0.15, 0.2) is 0 Å². The summed E-state index contributed by atoms with van der Waals surface area (Å²) in [6.07, 6.45) is 2.56. The first kappa shape index (κ1) is 17.7. The quantitative estimate of drug-likeness (QED) is 0.642. The highest BCUT2D eigenvalue weighted by atomic mass is 32.2. The molecular weight excluding hydrogens is 326 g/mol. The van der Waals surface area contributed by atoms with Gasteiger partial charge in [0.1, 0.15) is 6.04 Å². The summed E-state index contributed by atoms with van der Waals surface area (Å²) in [5, 5.41) is 3.87. The number of hydrazone groups is 1. The van der Waals surface area contributed by atoms with E-state index in [1.54, 1.807) is 30.3 Å². The van der Waals surface area contributed by atoms with Crippen LogP contribution in [0.5, 0.6) is 0 Å². The summed E-state index contributed by atoms with van der Waals surface area (Å²) in [7, 11) is -3.62. The number of nitrogens with zero attached hydrogens (tertiary/aromatic N) is 2. The van der Waals surface area contributed by atoms with Crippen molar-refractivity contribution in [2.75, 3.05) is 10.6 Å². The molecule has 2 rings (SSSR count). The van der Waals surface area contributed by atoms with E-state index in [0.29, 0.717) is 5.69 Å². The Kier molecular flexibility index (Phi) is 5.70. The van der Waals surface area contributed by atoms with Gasteiger partial charge in [0, 0.05) is 0 Å². The molecule has 1 amide bonds. The van der Waals surface area contributed by atoms with Crippen molar-refractivity contribution in [2.24, 2.45) is 5.10 Å². The zero-order valence-electron chi connectivity index (χ0n) is 13.5. The van der Waals surface area contributed by atoms with Crippen LogP contribution >= 0.6 is 0 Å². The Balaban J connectivity index is 2.13. The van der Waals surface area contributed by atoms with E-state index >= 15 is 0 Å². The Hall–Kier alpha value is -2.67. The monoisotopic (exact) mass is 345 g/mol. The Morgan fingerprint density at radius 1 is 1.08 bits per heavy atom. The molecule has 2 aromatic rings.